The van der Waals surface area contributed by atoms with Gasteiger partial charge in [0.05, 0.1) is 5.92 Å². The SMILES string of the molecule is CCCNC(=O)C(c1ccccc1)C1CCN(c2ccc(NC(=O)c3ccccc3-c3cccc4ccccc34)cc2)CC1. The van der Waals surface area contributed by atoms with E-state index in [0.717, 1.165) is 71.2 Å². The zero-order valence-corrected chi connectivity index (χ0v) is 25.2. The molecule has 1 aliphatic rings. The van der Waals surface area contributed by atoms with Crippen LogP contribution in [-0.4, -0.2) is 31.4 Å². The maximum atomic E-state index is 13.5. The Morgan fingerprint density at radius 3 is 2.18 bits per heavy atom. The molecule has 1 unspecified atom stereocenters. The third-order valence-electron chi connectivity index (χ3n) is 8.74. The molecule has 0 bridgehead atoms. The van der Waals surface area contributed by atoms with Gasteiger partial charge in [-0.2, -0.15) is 0 Å². The lowest BCUT2D eigenvalue weighted by Gasteiger charge is -2.37. The van der Waals surface area contributed by atoms with Crippen LogP contribution in [0.5, 0.6) is 0 Å². The molecule has 1 fully saturated rings. The molecule has 0 aliphatic carbocycles. The molecular formula is C39H39N3O2. The molecular weight excluding hydrogens is 542 g/mol. The summed E-state index contributed by atoms with van der Waals surface area (Å²) in [7, 11) is 0. The zero-order chi connectivity index (χ0) is 30.3. The highest BCUT2D eigenvalue weighted by atomic mass is 16.2. The number of carbonyl (C=O) groups excluding carboxylic acids is 2. The van der Waals surface area contributed by atoms with Gasteiger partial charge in [-0.15, -0.1) is 0 Å². The molecule has 5 aromatic rings. The first-order chi connectivity index (χ1) is 21.6. The summed E-state index contributed by atoms with van der Waals surface area (Å²) in [4.78, 5) is 29.1. The summed E-state index contributed by atoms with van der Waals surface area (Å²) in [6.07, 6.45) is 2.82. The molecule has 1 atom stereocenters. The lowest BCUT2D eigenvalue weighted by atomic mass is 9.79. The Labute approximate surface area is 259 Å². The zero-order valence-electron chi connectivity index (χ0n) is 25.2. The number of anilines is 2. The van der Waals surface area contributed by atoms with Crippen molar-refractivity contribution in [3.8, 4) is 11.1 Å². The molecule has 2 N–H and O–H groups in total. The second-order valence-electron chi connectivity index (χ2n) is 11.6. The molecule has 0 spiro atoms. The number of hydrogen-bond donors (Lipinski definition) is 2. The molecule has 1 aliphatic heterocycles. The van der Waals surface area contributed by atoms with Gasteiger partial charge in [0.1, 0.15) is 0 Å². The number of benzene rings is 5. The number of hydrogen-bond acceptors (Lipinski definition) is 3. The predicted molar refractivity (Wildman–Crippen MR) is 181 cm³/mol. The maximum Gasteiger partial charge on any atom is 0.256 e. The van der Waals surface area contributed by atoms with Gasteiger partial charge in [0.2, 0.25) is 5.91 Å². The van der Waals surface area contributed by atoms with Gasteiger partial charge in [-0.3, -0.25) is 9.59 Å². The fourth-order valence-electron chi connectivity index (χ4n) is 6.48. The minimum absolute atomic E-state index is 0.126. The molecule has 0 aromatic heterocycles. The number of amides is 2. The van der Waals surface area contributed by atoms with Crippen molar-refractivity contribution in [3.05, 3.63) is 132 Å². The molecule has 44 heavy (non-hydrogen) atoms. The van der Waals surface area contributed by atoms with Crippen molar-refractivity contribution in [2.24, 2.45) is 5.92 Å². The van der Waals surface area contributed by atoms with E-state index in [1.54, 1.807) is 0 Å². The monoisotopic (exact) mass is 581 g/mol. The number of rotatable bonds is 9. The van der Waals surface area contributed by atoms with Crippen molar-refractivity contribution in [2.75, 3.05) is 29.9 Å². The minimum Gasteiger partial charge on any atom is -0.372 e. The molecule has 6 rings (SSSR count). The summed E-state index contributed by atoms with van der Waals surface area (Å²) in [6, 6.07) is 40.6. The molecule has 2 amide bonds. The second-order valence-corrected chi connectivity index (χ2v) is 11.6. The Bertz CT molecular complexity index is 1720. The van der Waals surface area contributed by atoms with E-state index in [1.165, 1.54) is 0 Å². The number of fused-ring (bicyclic) bond motifs is 1. The minimum atomic E-state index is -0.129. The molecule has 5 nitrogen and oxygen atoms in total. The first-order valence-corrected chi connectivity index (χ1v) is 15.7. The number of carbonyl (C=O) groups is 2. The molecule has 1 heterocycles. The molecule has 1 saturated heterocycles. The quantitative estimate of drug-likeness (QED) is 0.184. The lowest BCUT2D eigenvalue weighted by Crippen LogP contribution is -2.40. The lowest BCUT2D eigenvalue weighted by molar-refractivity contribution is -0.124. The fraction of sp³-hybridized carbons (Fsp3) is 0.231. The maximum absolute atomic E-state index is 13.5. The first kappa shape index (κ1) is 29.2. The predicted octanol–water partition coefficient (Wildman–Crippen LogP) is 8.29. The highest BCUT2D eigenvalue weighted by Crippen LogP contribution is 2.35. The van der Waals surface area contributed by atoms with Crippen molar-refractivity contribution in [1.29, 1.82) is 0 Å². The van der Waals surface area contributed by atoms with Crippen molar-refractivity contribution in [2.45, 2.75) is 32.1 Å². The Hall–Kier alpha value is -4.90. The van der Waals surface area contributed by atoms with E-state index in [2.05, 4.69) is 71.0 Å². The van der Waals surface area contributed by atoms with Crippen LogP contribution < -0.4 is 15.5 Å². The highest BCUT2D eigenvalue weighted by Gasteiger charge is 2.32. The number of nitrogens with zero attached hydrogens (tertiary/aromatic N) is 1. The van der Waals surface area contributed by atoms with Crippen molar-refractivity contribution in [1.82, 2.24) is 5.32 Å². The van der Waals surface area contributed by atoms with Crippen LogP contribution in [0.3, 0.4) is 0 Å². The van der Waals surface area contributed by atoms with Gasteiger partial charge in [0.15, 0.2) is 0 Å². The Morgan fingerprint density at radius 1 is 0.750 bits per heavy atom. The molecule has 5 heteroatoms. The smallest absolute Gasteiger partial charge is 0.256 e. The summed E-state index contributed by atoms with van der Waals surface area (Å²) < 4.78 is 0. The summed E-state index contributed by atoms with van der Waals surface area (Å²) >= 11 is 0. The summed E-state index contributed by atoms with van der Waals surface area (Å²) in [6.45, 7) is 4.56. The molecule has 222 valence electrons. The summed E-state index contributed by atoms with van der Waals surface area (Å²) in [5, 5.41) is 8.53. The van der Waals surface area contributed by atoms with Gasteiger partial charge in [0, 0.05) is 36.6 Å². The van der Waals surface area contributed by atoms with Crippen LogP contribution in [0.2, 0.25) is 0 Å². The van der Waals surface area contributed by atoms with E-state index in [1.807, 2.05) is 72.8 Å². The van der Waals surface area contributed by atoms with Crippen molar-refractivity contribution < 1.29 is 9.59 Å². The average molecular weight is 582 g/mol. The normalized spacial score (nSPS) is 14.2. The van der Waals surface area contributed by atoms with Gasteiger partial charge in [-0.25, -0.2) is 0 Å². The molecule has 5 aromatic carbocycles. The summed E-state index contributed by atoms with van der Waals surface area (Å²) in [5.74, 6) is 0.180. The van der Waals surface area contributed by atoms with E-state index < -0.39 is 0 Å². The Balaban J connectivity index is 1.12. The van der Waals surface area contributed by atoms with Gasteiger partial charge in [-0.05, 0) is 83.0 Å². The van der Waals surface area contributed by atoms with Crippen molar-refractivity contribution in [3.63, 3.8) is 0 Å². The highest BCUT2D eigenvalue weighted by molar-refractivity contribution is 6.11. The van der Waals surface area contributed by atoms with Crippen LogP contribution in [-0.2, 0) is 4.79 Å². The van der Waals surface area contributed by atoms with E-state index in [0.29, 0.717) is 18.0 Å². The standard InChI is InChI=1S/C39H39N3O2/c1-2-25-40-39(44)37(29-12-4-3-5-13-29)30-23-26-42(27-24-30)32-21-19-31(20-22-32)41-38(43)36-17-9-8-16-35(36)34-18-10-14-28-11-6-7-15-33(28)34/h3-22,30,37H,2,23-27H2,1H3,(H,40,44)(H,41,43). The Kier molecular flexibility index (Phi) is 9.02. The largest absolute Gasteiger partial charge is 0.372 e. The van der Waals surface area contributed by atoms with Gasteiger partial charge < -0.3 is 15.5 Å². The topological polar surface area (TPSA) is 61.4 Å². The van der Waals surface area contributed by atoms with Gasteiger partial charge in [-0.1, -0.05) is 97.9 Å². The van der Waals surface area contributed by atoms with Crippen LogP contribution in [0.15, 0.2) is 121 Å². The third kappa shape index (κ3) is 6.37. The van der Waals surface area contributed by atoms with Crippen LogP contribution in [0, 0.1) is 5.92 Å². The first-order valence-electron chi connectivity index (χ1n) is 15.7. The van der Waals surface area contributed by atoms with E-state index in [9.17, 15) is 9.59 Å². The van der Waals surface area contributed by atoms with Gasteiger partial charge in [0.25, 0.3) is 5.91 Å². The van der Waals surface area contributed by atoms with E-state index in [4.69, 9.17) is 0 Å². The second kappa shape index (κ2) is 13.6. The van der Waals surface area contributed by atoms with Crippen molar-refractivity contribution >= 4 is 34.0 Å². The van der Waals surface area contributed by atoms with Crippen LogP contribution >= 0.6 is 0 Å². The Morgan fingerprint density at radius 2 is 1.41 bits per heavy atom. The van der Waals surface area contributed by atoms with Crippen LogP contribution in [0.1, 0.15) is 48.0 Å². The fourth-order valence-corrected chi connectivity index (χ4v) is 6.48. The summed E-state index contributed by atoms with van der Waals surface area (Å²) in [5.41, 5.74) is 5.60. The van der Waals surface area contributed by atoms with Gasteiger partial charge >= 0.3 is 0 Å². The molecule has 0 saturated carbocycles. The van der Waals surface area contributed by atoms with E-state index >= 15 is 0 Å². The number of piperidine rings is 1. The third-order valence-corrected chi connectivity index (χ3v) is 8.74. The average Bonchev–Trinajstić information content (AvgIpc) is 3.08. The van der Waals surface area contributed by atoms with Crippen LogP contribution in [0.4, 0.5) is 11.4 Å². The molecule has 0 radical (unpaired) electrons. The number of nitrogens with one attached hydrogen (secondary N) is 2. The van der Waals surface area contributed by atoms with E-state index in [-0.39, 0.29) is 17.7 Å². The van der Waals surface area contributed by atoms with Crippen LogP contribution in [0.25, 0.3) is 21.9 Å².